The first-order valence-electron chi connectivity index (χ1n) is 8.93. The summed E-state index contributed by atoms with van der Waals surface area (Å²) in [6.07, 6.45) is 4.62. The van der Waals surface area contributed by atoms with E-state index in [1.165, 1.54) is 12.8 Å². The van der Waals surface area contributed by atoms with Gasteiger partial charge in [-0.25, -0.2) is 9.97 Å². The number of aryl methyl sites for hydroxylation is 1. The van der Waals surface area contributed by atoms with Gasteiger partial charge in [-0.05, 0) is 50.5 Å². The zero-order chi connectivity index (χ0) is 16.4. The Kier molecular flexibility index (Phi) is 4.83. The standard InChI is InChI=1S/C18H28N4O/c1-13-6-9-21(10-7-13)17(23)16-11-15(3)19-18(20-16)22-8-4-5-14(2)12-22/h11,13-14H,4-10,12H2,1-3H3. The van der Waals surface area contributed by atoms with E-state index in [1.807, 2.05) is 17.9 Å². The lowest BCUT2D eigenvalue weighted by atomic mass is 9.99. The molecule has 2 saturated heterocycles. The van der Waals surface area contributed by atoms with E-state index in [2.05, 4.69) is 28.7 Å². The molecule has 1 aromatic heterocycles. The predicted octanol–water partition coefficient (Wildman–Crippen LogP) is 2.89. The van der Waals surface area contributed by atoms with Crippen LogP contribution in [0, 0.1) is 18.8 Å². The first-order chi connectivity index (χ1) is 11.0. The summed E-state index contributed by atoms with van der Waals surface area (Å²) in [4.78, 5) is 26.1. The van der Waals surface area contributed by atoms with Gasteiger partial charge in [-0.2, -0.15) is 0 Å². The molecule has 2 aliphatic rings. The minimum absolute atomic E-state index is 0.0636. The van der Waals surface area contributed by atoms with E-state index in [0.29, 0.717) is 11.6 Å². The van der Waals surface area contributed by atoms with Crippen molar-refractivity contribution in [3.8, 4) is 0 Å². The van der Waals surface area contributed by atoms with Crippen LogP contribution in [0.5, 0.6) is 0 Å². The Morgan fingerprint density at radius 2 is 1.83 bits per heavy atom. The second kappa shape index (κ2) is 6.85. The Labute approximate surface area is 139 Å². The number of likely N-dealkylation sites (tertiary alicyclic amines) is 1. The van der Waals surface area contributed by atoms with Crippen LogP contribution in [0.2, 0.25) is 0 Å². The minimum atomic E-state index is 0.0636. The van der Waals surface area contributed by atoms with Gasteiger partial charge < -0.3 is 9.80 Å². The molecule has 0 aliphatic carbocycles. The molecule has 0 saturated carbocycles. The van der Waals surface area contributed by atoms with Crippen LogP contribution in [0.25, 0.3) is 0 Å². The maximum Gasteiger partial charge on any atom is 0.272 e. The number of amides is 1. The fourth-order valence-corrected chi connectivity index (χ4v) is 3.55. The zero-order valence-corrected chi connectivity index (χ0v) is 14.6. The molecule has 1 unspecified atom stereocenters. The molecular formula is C18H28N4O. The van der Waals surface area contributed by atoms with E-state index >= 15 is 0 Å². The molecule has 23 heavy (non-hydrogen) atoms. The van der Waals surface area contributed by atoms with E-state index < -0.39 is 0 Å². The van der Waals surface area contributed by atoms with Crippen LogP contribution in [0.3, 0.4) is 0 Å². The quantitative estimate of drug-likeness (QED) is 0.842. The average Bonchev–Trinajstić information content (AvgIpc) is 2.54. The van der Waals surface area contributed by atoms with Gasteiger partial charge in [0.15, 0.2) is 0 Å². The number of carbonyl (C=O) groups excluding carboxylic acids is 1. The number of carbonyl (C=O) groups is 1. The van der Waals surface area contributed by atoms with Crippen molar-refractivity contribution in [1.29, 1.82) is 0 Å². The molecule has 0 spiro atoms. The maximum atomic E-state index is 12.8. The van der Waals surface area contributed by atoms with Crippen LogP contribution < -0.4 is 4.90 Å². The van der Waals surface area contributed by atoms with Crippen molar-refractivity contribution in [3.63, 3.8) is 0 Å². The van der Waals surface area contributed by atoms with Crippen LogP contribution >= 0.6 is 0 Å². The number of nitrogens with zero attached hydrogens (tertiary/aromatic N) is 4. The summed E-state index contributed by atoms with van der Waals surface area (Å²) in [6.45, 7) is 10.1. The third-order valence-electron chi connectivity index (χ3n) is 5.07. The molecule has 0 radical (unpaired) electrons. The van der Waals surface area contributed by atoms with Gasteiger partial charge in [-0.1, -0.05) is 13.8 Å². The first-order valence-corrected chi connectivity index (χ1v) is 8.93. The van der Waals surface area contributed by atoms with E-state index in [9.17, 15) is 4.79 Å². The van der Waals surface area contributed by atoms with E-state index in [1.54, 1.807) is 0 Å². The molecule has 3 rings (SSSR count). The van der Waals surface area contributed by atoms with Gasteiger partial charge in [0, 0.05) is 31.9 Å². The van der Waals surface area contributed by atoms with Crippen molar-refractivity contribution in [2.45, 2.75) is 46.5 Å². The number of aromatic nitrogens is 2. The number of anilines is 1. The Morgan fingerprint density at radius 3 is 2.52 bits per heavy atom. The number of hydrogen-bond acceptors (Lipinski definition) is 4. The van der Waals surface area contributed by atoms with Gasteiger partial charge in [-0.15, -0.1) is 0 Å². The highest BCUT2D eigenvalue weighted by Crippen LogP contribution is 2.22. The monoisotopic (exact) mass is 316 g/mol. The third kappa shape index (κ3) is 3.82. The van der Waals surface area contributed by atoms with Gasteiger partial charge in [0.05, 0.1) is 0 Å². The molecular weight excluding hydrogens is 288 g/mol. The summed E-state index contributed by atoms with van der Waals surface area (Å²) < 4.78 is 0. The van der Waals surface area contributed by atoms with Crippen molar-refractivity contribution in [2.75, 3.05) is 31.1 Å². The van der Waals surface area contributed by atoms with Gasteiger partial charge in [-0.3, -0.25) is 4.79 Å². The topological polar surface area (TPSA) is 49.3 Å². The molecule has 0 aromatic carbocycles. The zero-order valence-electron chi connectivity index (χ0n) is 14.6. The molecule has 5 heteroatoms. The Balaban J connectivity index is 1.78. The number of hydrogen-bond donors (Lipinski definition) is 0. The number of rotatable bonds is 2. The summed E-state index contributed by atoms with van der Waals surface area (Å²) in [7, 11) is 0. The molecule has 1 atom stereocenters. The Hall–Kier alpha value is -1.65. The van der Waals surface area contributed by atoms with Crippen LogP contribution in [0.1, 0.15) is 55.7 Å². The molecule has 126 valence electrons. The van der Waals surface area contributed by atoms with Crippen molar-refractivity contribution in [2.24, 2.45) is 11.8 Å². The lowest BCUT2D eigenvalue weighted by Gasteiger charge is -2.32. The summed E-state index contributed by atoms with van der Waals surface area (Å²) in [5, 5.41) is 0. The second-order valence-corrected chi connectivity index (χ2v) is 7.36. The van der Waals surface area contributed by atoms with Crippen molar-refractivity contribution < 1.29 is 4.79 Å². The lowest BCUT2D eigenvalue weighted by molar-refractivity contribution is 0.0691. The van der Waals surface area contributed by atoms with Crippen LogP contribution in [0.4, 0.5) is 5.95 Å². The maximum absolute atomic E-state index is 12.8. The summed E-state index contributed by atoms with van der Waals surface area (Å²) in [5.41, 5.74) is 1.43. The predicted molar refractivity (Wildman–Crippen MR) is 91.7 cm³/mol. The third-order valence-corrected chi connectivity index (χ3v) is 5.07. The molecule has 2 fully saturated rings. The fraction of sp³-hybridized carbons (Fsp3) is 0.722. The van der Waals surface area contributed by atoms with Crippen molar-refractivity contribution >= 4 is 11.9 Å². The molecule has 2 aliphatic heterocycles. The smallest absolute Gasteiger partial charge is 0.272 e. The normalized spacial score (nSPS) is 23.2. The fourth-order valence-electron chi connectivity index (χ4n) is 3.55. The van der Waals surface area contributed by atoms with Gasteiger partial charge in [0.1, 0.15) is 5.69 Å². The van der Waals surface area contributed by atoms with Crippen LogP contribution in [0.15, 0.2) is 6.07 Å². The first kappa shape index (κ1) is 16.2. The van der Waals surface area contributed by atoms with Gasteiger partial charge >= 0.3 is 0 Å². The molecule has 1 amide bonds. The van der Waals surface area contributed by atoms with E-state index in [0.717, 1.165) is 56.6 Å². The van der Waals surface area contributed by atoms with Crippen molar-refractivity contribution in [1.82, 2.24) is 14.9 Å². The molecule has 1 aromatic rings. The van der Waals surface area contributed by atoms with Crippen LogP contribution in [-0.4, -0.2) is 47.0 Å². The van der Waals surface area contributed by atoms with Crippen molar-refractivity contribution in [3.05, 3.63) is 17.5 Å². The Bertz CT molecular complexity index is 566. The van der Waals surface area contributed by atoms with Crippen LogP contribution in [-0.2, 0) is 0 Å². The van der Waals surface area contributed by atoms with E-state index in [-0.39, 0.29) is 5.91 Å². The molecule has 0 N–H and O–H groups in total. The van der Waals surface area contributed by atoms with Gasteiger partial charge in [0.2, 0.25) is 5.95 Å². The SMILES string of the molecule is Cc1cc(C(=O)N2CCC(C)CC2)nc(N2CCCC(C)C2)n1. The van der Waals surface area contributed by atoms with Gasteiger partial charge in [0.25, 0.3) is 5.91 Å². The highest BCUT2D eigenvalue weighted by molar-refractivity contribution is 5.92. The minimum Gasteiger partial charge on any atom is -0.341 e. The molecule has 3 heterocycles. The lowest BCUT2D eigenvalue weighted by Crippen LogP contribution is -2.39. The summed E-state index contributed by atoms with van der Waals surface area (Å²) in [6, 6.07) is 1.83. The molecule has 0 bridgehead atoms. The highest BCUT2D eigenvalue weighted by Gasteiger charge is 2.25. The largest absolute Gasteiger partial charge is 0.341 e. The molecule has 5 nitrogen and oxygen atoms in total. The Morgan fingerprint density at radius 1 is 1.09 bits per heavy atom. The summed E-state index contributed by atoms with van der Waals surface area (Å²) in [5.74, 6) is 2.17. The second-order valence-electron chi connectivity index (χ2n) is 7.36. The van der Waals surface area contributed by atoms with E-state index in [4.69, 9.17) is 0 Å². The highest BCUT2D eigenvalue weighted by atomic mass is 16.2. The average molecular weight is 316 g/mol. The summed E-state index contributed by atoms with van der Waals surface area (Å²) >= 11 is 0. The number of piperidine rings is 2.